The van der Waals surface area contributed by atoms with Crippen molar-refractivity contribution < 1.29 is 13.9 Å². The molecule has 2 heterocycles. The smallest absolute Gasteiger partial charge is 0.227 e. The number of benzene rings is 3. The molecule has 0 N–H and O–H groups in total. The van der Waals surface area contributed by atoms with E-state index in [1.54, 1.807) is 12.1 Å². The zero-order valence-electron chi connectivity index (χ0n) is 18.1. The van der Waals surface area contributed by atoms with Crippen LogP contribution >= 0.6 is 0 Å². The van der Waals surface area contributed by atoms with E-state index in [0.717, 1.165) is 42.9 Å². The molecule has 3 aromatic rings. The third kappa shape index (κ3) is 4.68. The van der Waals surface area contributed by atoms with E-state index >= 15 is 0 Å². The van der Waals surface area contributed by atoms with Crippen molar-refractivity contribution in [2.24, 2.45) is 0 Å². The predicted octanol–water partition coefficient (Wildman–Crippen LogP) is 4.35. The molecule has 0 saturated heterocycles. The minimum atomic E-state index is -0.289. The van der Waals surface area contributed by atoms with Gasteiger partial charge in [0, 0.05) is 31.7 Å². The Kier molecular flexibility index (Phi) is 5.91. The Morgan fingerprint density at radius 3 is 2.50 bits per heavy atom. The molecular weight excluding hydrogens is 403 g/mol. The summed E-state index contributed by atoms with van der Waals surface area (Å²) >= 11 is 0. The fraction of sp³-hybridized carbons (Fsp3) is 0.296. The molecule has 5 heteroatoms. The Hall–Kier alpha value is -3.18. The largest absolute Gasteiger partial charge is 0.491 e. The lowest BCUT2D eigenvalue weighted by Crippen LogP contribution is -2.33. The van der Waals surface area contributed by atoms with E-state index in [0.29, 0.717) is 19.7 Å². The second kappa shape index (κ2) is 9.13. The van der Waals surface area contributed by atoms with Crippen LogP contribution < -0.4 is 4.74 Å². The van der Waals surface area contributed by atoms with Gasteiger partial charge in [0.15, 0.2) is 0 Å². The number of halogens is 1. The van der Waals surface area contributed by atoms with Crippen molar-refractivity contribution in [3.63, 3.8) is 0 Å². The normalized spacial score (nSPS) is 16.0. The second-order valence-corrected chi connectivity index (χ2v) is 8.64. The van der Waals surface area contributed by atoms with Gasteiger partial charge in [-0.2, -0.15) is 0 Å². The molecule has 0 aromatic heterocycles. The van der Waals surface area contributed by atoms with Gasteiger partial charge in [-0.05, 0) is 52.9 Å². The molecule has 0 aliphatic carbocycles. The predicted molar refractivity (Wildman–Crippen MR) is 122 cm³/mol. The molecule has 1 amide bonds. The van der Waals surface area contributed by atoms with Crippen molar-refractivity contribution in [1.29, 1.82) is 0 Å². The van der Waals surface area contributed by atoms with Crippen LogP contribution in [0.25, 0.3) is 0 Å². The molecule has 3 aromatic carbocycles. The fourth-order valence-electron chi connectivity index (χ4n) is 4.59. The number of fused-ring (bicyclic) bond motifs is 2. The van der Waals surface area contributed by atoms with Crippen molar-refractivity contribution in [2.75, 3.05) is 19.7 Å². The van der Waals surface area contributed by atoms with Gasteiger partial charge in [0.05, 0.1) is 13.0 Å². The summed E-state index contributed by atoms with van der Waals surface area (Å²) in [5.74, 6) is 0.601. The van der Waals surface area contributed by atoms with E-state index in [9.17, 15) is 9.18 Å². The molecule has 2 aliphatic rings. The van der Waals surface area contributed by atoms with Gasteiger partial charge in [0.25, 0.3) is 0 Å². The summed E-state index contributed by atoms with van der Waals surface area (Å²) in [4.78, 5) is 17.2. The first-order chi connectivity index (χ1) is 15.6. The Morgan fingerprint density at radius 2 is 1.66 bits per heavy atom. The van der Waals surface area contributed by atoms with E-state index in [-0.39, 0.29) is 18.1 Å². The van der Waals surface area contributed by atoms with Gasteiger partial charge < -0.3 is 9.64 Å². The molecule has 0 fully saturated rings. The SMILES string of the molecule is O=C(Cc1ccc(F)cc1)N1CCOc2ccc(CN3CCc4ccccc4C3)cc2C1. The van der Waals surface area contributed by atoms with Crippen LogP contribution in [0.5, 0.6) is 5.75 Å². The molecule has 0 atom stereocenters. The monoisotopic (exact) mass is 430 g/mol. The molecule has 0 spiro atoms. The van der Waals surface area contributed by atoms with Crippen molar-refractivity contribution >= 4 is 5.91 Å². The quantitative estimate of drug-likeness (QED) is 0.617. The molecule has 5 rings (SSSR count). The highest BCUT2D eigenvalue weighted by molar-refractivity contribution is 5.79. The van der Waals surface area contributed by atoms with Crippen molar-refractivity contribution in [2.45, 2.75) is 32.5 Å². The zero-order chi connectivity index (χ0) is 21.9. The molecule has 32 heavy (non-hydrogen) atoms. The summed E-state index contributed by atoms with van der Waals surface area (Å²) in [6, 6.07) is 21.2. The Bertz CT molecular complexity index is 1110. The van der Waals surface area contributed by atoms with Crippen LogP contribution in [0.3, 0.4) is 0 Å². The number of carbonyl (C=O) groups excluding carboxylic acids is 1. The summed E-state index contributed by atoms with van der Waals surface area (Å²) in [5.41, 5.74) is 5.97. The first kappa shape index (κ1) is 20.7. The molecule has 0 bridgehead atoms. The van der Waals surface area contributed by atoms with E-state index in [2.05, 4.69) is 41.3 Å². The Labute approximate surface area is 188 Å². The number of nitrogens with zero attached hydrogens (tertiary/aromatic N) is 2. The van der Waals surface area contributed by atoms with Crippen molar-refractivity contribution in [1.82, 2.24) is 9.80 Å². The lowest BCUT2D eigenvalue weighted by molar-refractivity contribution is -0.131. The van der Waals surface area contributed by atoms with Crippen LogP contribution in [0, 0.1) is 5.82 Å². The van der Waals surface area contributed by atoms with E-state index in [4.69, 9.17) is 4.74 Å². The Balaban J connectivity index is 1.27. The first-order valence-corrected chi connectivity index (χ1v) is 11.2. The minimum absolute atomic E-state index is 0.0334. The fourth-order valence-corrected chi connectivity index (χ4v) is 4.59. The highest BCUT2D eigenvalue weighted by Gasteiger charge is 2.21. The molecular formula is C27H27FN2O2. The van der Waals surface area contributed by atoms with Crippen LogP contribution in [0.4, 0.5) is 4.39 Å². The molecule has 0 radical (unpaired) electrons. The van der Waals surface area contributed by atoms with E-state index in [1.165, 1.54) is 28.8 Å². The number of rotatable bonds is 4. The summed E-state index contributed by atoms with van der Waals surface area (Å²) in [5, 5.41) is 0. The van der Waals surface area contributed by atoms with E-state index < -0.39 is 0 Å². The van der Waals surface area contributed by atoms with Gasteiger partial charge in [-0.3, -0.25) is 9.69 Å². The summed E-state index contributed by atoms with van der Waals surface area (Å²) < 4.78 is 19.1. The van der Waals surface area contributed by atoms with Gasteiger partial charge in [0.1, 0.15) is 18.2 Å². The third-order valence-electron chi connectivity index (χ3n) is 6.34. The average molecular weight is 431 g/mol. The van der Waals surface area contributed by atoms with Crippen LogP contribution in [0.1, 0.15) is 27.8 Å². The van der Waals surface area contributed by atoms with Crippen molar-refractivity contribution in [3.8, 4) is 5.75 Å². The maximum Gasteiger partial charge on any atom is 0.227 e. The van der Waals surface area contributed by atoms with Crippen LogP contribution in [0.2, 0.25) is 0 Å². The molecule has 2 aliphatic heterocycles. The maximum atomic E-state index is 13.2. The van der Waals surface area contributed by atoms with Gasteiger partial charge in [-0.1, -0.05) is 42.5 Å². The standard InChI is InChI=1S/C27H27FN2O2/c28-25-8-5-20(6-9-25)16-27(31)30-13-14-32-26-10-7-21(15-24(26)19-30)17-29-12-11-22-3-1-2-4-23(22)18-29/h1-10,15H,11-14,16-19H2. The zero-order valence-corrected chi connectivity index (χ0v) is 18.1. The highest BCUT2D eigenvalue weighted by atomic mass is 19.1. The van der Waals surface area contributed by atoms with Crippen LogP contribution in [0.15, 0.2) is 66.7 Å². The van der Waals surface area contributed by atoms with Crippen LogP contribution in [-0.2, 0) is 37.3 Å². The molecule has 0 saturated carbocycles. The van der Waals surface area contributed by atoms with Crippen molar-refractivity contribution in [3.05, 3.63) is 100 Å². The molecule has 164 valence electrons. The third-order valence-corrected chi connectivity index (χ3v) is 6.34. The number of ether oxygens (including phenoxy) is 1. The topological polar surface area (TPSA) is 32.8 Å². The van der Waals surface area contributed by atoms with Gasteiger partial charge in [0.2, 0.25) is 5.91 Å². The average Bonchev–Trinajstić information content (AvgIpc) is 3.03. The van der Waals surface area contributed by atoms with E-state index in [1.807, 2.05) is 11.0 Å². The number of amides is 1. The summed E-state index contributed by atoms with van der Waals surface area (Å²) in [7, 11) is 0. The number of carbonyl (C=O) groups is 1. The lowest BCUT2D eigenvalue weighted by Gasteiger charge is -2.29. The van der Waals surface area contributed by atoms with Gasteiger partial charge >= 0.3 is 0 Å². The number of hydrogen-bond donors (Lipinski definition) is 0. The maximum absolute atomic E-state index is 13.2. The molecule has 4 nitrogen and oxygen atoms in total. The molecule has 0 unspecified atom stereocenters. The number of hydrogen-bond acceptors (Lipinski definition) is 3. The van der Waals surface area contributed by atoms with Gasteiger partial charge in [-0.25, -0.2) is 4.39 Å². The summed E-state index contributed by atoms with van der Waals surface area (Å²) in [6.45, 7) is 4.45. The Morgan fingerprint density at radius 1 is 0.875 bits per heavy atom. The summed E-state index contributed by atoms with van der Waals surface area (Å²) in [6.07, 6.45) is 1.35. The highest BCUT2D eigenvalue weighted by Crippen LogP contribution is 2.27. The first-order valence-electron chi connectivity index (χ1n) is 11.2. The van der Waals surface area contributed by atoms with Gasteiger partial charge in [-0.15, -0.1) is 0 Å². The van der Waals surface area contributed by atoms with Crippen LogP contribution in [-0.4, -0.2) is 35.4 Å². The minimum Gasteiger partial charge on any atom is -0.491 e. The second-order valence-electron chi connectivity index (χ2n) is 8.64. The lowest BCUT2D eigenvalue weighted by atomic mass is 9.99.